The largest absolute Gasteiger partial charge is 0.444 e. The zero-order chi connectivity index (χ0) is 20.8. The van der Waals surface area contributed by atoms with Crippen LogP contribution in [0.4, 0.5) is 20.6 Å². The van der Waals surface area contributed by atoms with E-state index in [1.807, 2.05) is 12.1 Å². The predicted octanol–water partition coefficient (Wildman–Crippen LogP) is 3.65. The number of rotatable bonds is 3. The van der Waals surface area contributed by atoms with Crippen LogP contribution in [0.5, 0.6) is 0 Å². The van der Waals surface area contributed by atoms with Gasteiger partial charge in [-0.15, -0.1) is 0 Å². The Bertz CT molecular complexity index is 986. The second-order valence-electron chi connectivity index (χ2n) is 8.30. The fourth-order valence-electron chi connectivity index (χ4n) is 4.80. The molecule has 1 unspecified atom stereocenters. The number of amides is 2. The van der Waals surface area contributed by atoms with E-state index in [9.17, 15) is 14.0 Å². The molecule has 0 saturated carbocycles. The maximum Gasteiger partial charge on any atom is 0.414 e. The molecule has 7 heteroatoms. The highest BCUT2D eigenvalue weighted by Crippen LogP contribution is 2.35. The SMILES string of the molecule is CN(C(=O)OC1CN2CCC1CC2)c1cccc2c1C(=O)N(c1ccc(F)cc1)C2. The van der Waals surface area contributed by atoms with Crippen LogP contribution in [-0.4, -0.2) is 49.7 Å². The molecule has 3 fully saturated rings. The second kappa shape index (κ2) is 7.40. The highest BCUT2D eigenvalue weighted by Gasteiger charge is 2.38. The highest BCUT2D eigenvalue weighted by atomic mass is 19.1. The number of piperidine rings is 3. The average molecular weight is 409 g/mol. The average Bonchev–Trinajstić information content (AvgIpc) is 3.11. The lowest BCUT2D eigenvalue weighted by atomic mass is 9.86. The standard InChI is InChI=1S/C23H24FN3O3/c1-25(23(29)30-20-14-26-11-9-15(20)10-12-26)19-4-2-3-16-13-27(22(28)21(16)19)18-7-5-17(24)6-8-18/h2-8,15,20H,9-14H2,1H3. The summed E-state index contributed by atoms with van der Waals surface area (Å²) in [5.74, 6) is -0.127. The van der Waals surface area contributed by atoms with Crippen LogP contribution in [0, 0.1) is 11.7 Å². The normalized spacial score (nSPS) is 24.7. The van der Waals surface area contributed by atoms with Gasteiger partial charge < -0.3 is 9.64 Å². The molecule has 4 heterocycles. The summed E-state index contributed by atoms with van der Waals surface area (Å²) in [6.07, 6.45) is 1.60. The van der Waals surface area contributed by atoms with Crippen molar-refractivity contribution in [2.24, 2.45) is 5.92 Å². The Morgan fingerprint density at radius 2 is 1.87 bits per heavy atom. The first kappa shape index (κ1) is 19.1. The Balaban J connectivity index is 1.36. The smallest absolute Gasteiger partial charge is 0.414 e. The summed E-state index contributed by atoms with van der Waals surface area (Å²) >= 11 is 0. The van der Waals surface area contributed by atoms with Crippen molar-refractivity contribution >= 4 is 23.4 Å². The van der Waals surface area contributed by atoms with Crippen molar-refractivity contribution in [3.63, 3.8) is 0 Å². The summed E-state index contributed by atoms with van der Waals surface area (Å²) in [4.78, 5) is 31.4. The molecule has 0 radical (unpaired) electrons. The van der Waals surface area contributed by atoms with Gasteiger partial charge in [-0.05, 0) is 67.7 Å². The van der Waals surface area contributed by atoms with Crippen LogP contribution >= 0.6 is 0 Å². The van der Waals surface area contributed by atoms with Crippen LogP contribution in [-0.2, 0) is 11.3 Å². The Morgan fingerprint density at radius 1 is 1.13 bits per heavy atom. The first-order valence-corrected chi connectivity index (χ1v) is 10.4. The van der Waals surface area contributed by atoms with Gasteiger partial charge in [0.25, 0.3) is 5.91 Å². The van der Waals surface area contributed by atoms with Gasteiger partial charge in [0.2, 0.25) is 0 Å². The number of hydrogen-bond donors (Lipinski definition) is 0. The Labute approximate surface area is 174 Å². The number of halogens is 1. The first-order chi connectivity index (χ1) is 14.5. The molecule has 0 spiro atoms. The summed E-state index contributed by atoms with van der Waals surface area (Å²) in [7, 11) is 1.65. The van der Waals surface area contributed by atoms with E-state index in [4.69, 9.17) is 4.74 Å². The molecular weight excluding hydrogens is 385 g/mol. The maximum atomic E-state index is 13.3. The van der Waals surface area contributed by atoms with E-state index in [2.05, 4.69) is 4.90 Å². The third kappa shape index (κ3) is 3.23. The van der Waals surface area contributed by atoms with Crippen molar-refractivity contribution < 1.29 is 18.7 Å². The summed E-state index contributed by atoms with van der Waals surface area (Å²) in [5, 5.41) is 0. The molecule has 2 amide bonds. The van der Waals surface area contributed by atoms with E-state index in [0.717, 1.165) is 38.0 Å². The molecule has 4 aliphatic rings. The number of ether oxygens (including phenoxy) is 1. The van der Waals surface area contributed by atoms with Crippen LogP contribution in [0.2, 0.25) is 0 Å². The fourth-order valence-corrected chi connectivity index (χ4v) is 4.80. The van der Waals surface area contributed by atoms with Crippen LogP contribution in [0.3, 0.4) is 0 Å². The molecule has 0 N–H and O–H groups in total. The van der Waals surface area contributed by atoms with Gasteiger partial charge in [0, 0.05) is 19.3 Å². The number of benzene rings is 2. The molecule has 6 nitrogen and oxygen atoms in total. The van der Waals surface area contributed by atoms with Gasteiger partial charge in [0.15, 0.2) is 0 Å². The molecule has 3 saturated heterocycles. The minimum atomic E-state index is -0.435. The maximum absolute atomic E-state index is 13.3. The number of carbonyl (C=O) groups excluding carboxylic acids is 2. The van der Waals surface area contributed by atoms with Crippen molar-refractivity contribution in [3.05, 3.63) is 59.4 Å². The topological polar surface area (TPSA) is 53.1 Å². The van der Waals surface area contributed by atoms with E-state index in [0.29, 0.717) is 29.4 Å². The van der Waals surface area contributed by atoms with E-state index in [1.54, 1.807) is 30.1 Å². The Morgan fingerprint density at radius 3 is 2.53 bits per heavy atom. The molecule has 6 rings (SSSR count). The lowest BCUT2D eigenvalue weighted by molar-refractivity contribution is -0.0307. The number of nitrogens with zero attached hydrogens (tertiary/aromatic N) is 3. The molecule has 2 aromatic rings. The van der Waals surface area contributed by atoms with Crippen LogP contribution in [0.1, 0.15) is 28.8 Å². The van der Waals surface area contributed by atoms with Gasteiger partial charge in [-0.1, -0.05) is 12.1 Å². The highest BCUT2D eigenvalue weighted by molar-refractivity contribution is 6.14. The van der Waals surface area contributed by atoms with Gasteiger partial charge in [0.1, 0.15) is 11.9 Å². The van der Waals surface area contributed by atoms with E-state index in [1.165, 1.54) is 17.0 Å². The van der Waals surface area contributed by atoms with Crippen molar-refractivity contribution in [2.45, 2.75) is 25.5 Å². The molecular formula is C23H24FN3O3. The van der Waals surface area contributed by atoms with Gasteiger partial charge in [-0.3, -0.25) is 14.6 Å². The molecule has 0 aromatic heterocycles. The van der Waals surface area contributed by atoms with Crippen LogP contribution < -0.4 is 9.80 Å². The number of anilines is 2. The Hall–Kier alpha value is -2.93. The third-order valence-corrected chi connectivity index (χ3v) is 6.54. The number of carbonyl (C=O) groups is 2. The van der Waals surface area contributed by atoms with Crippen molar-refractivity contribution in [1.29, 1.82) is 0 Å². The molecule has 4 aliphatic heterocycles. The van der Waals surface area contributed by atoms with Gasteiger partial charge in [-0.25, -0.2) is 9.18 Å². The Kier molecular flexibility index (Phi) is 4.70. The molecule has 156 valence electrons. The van der Waals surface area contributed by atoms with Crippen LogP contribution in [0.15, 0.2) is 42.5 Å². The van der Waals surface area contributed by atoms with Gasteiger partial charge in [0.05, 0.1) is 17.8 Å². The van der Waals surface area contributed by atoms with E-state index < -0.39 is 6.09 Å². The molecule has 0 aliphatic carbocycles. The number of hydrogen-bond acceptors (Lipinski definition) is 4. The summed E-state index contributed by atoms with van der Waals surface area (Å²) in [6.45, 7) is 3.33. The monoisotopic (exact) mass is 409 g/mol. The minimum absolute atomic E-state index is 0.0920. The molecule has 30 heavy (non-hydrogen) atoms. The quantitative estimate of drug-likeness (QED) is 0.777. The summed E-state index contributed by atoms with van der Waals surface area (Å²) in [5.41, 5.74) is 2.49. The van der Waals surface area contributed by atoms with Crippen molar-refractivity contribution in [2.75, 3.05) is 36.5 Å². The van der Waals surface area contributed by atoms with Gasteiger partial charge in [-0.2, -0.15) is 0 Å². The first-order valence-electron chi connectivity index (χ1n) is 10.4. The van der Waals surface area contributed by atoms with E-state index >= 15 is 0 Å². The lowest BCUT2D eigenvalue weighted by Crippen LogP contribution is -2.52. The molecule has 2 bridgehead atoms. The van der Waals surface area contributed by atoms with E-state index in [-0.39, 0.29) is 17.8 Å². The number of fused-ring (bicyclic) bond motifs is 4. The van der Waals surface area contributed by atoms with Crippen molar-refractivity contribution in [1.82, 2.24) is 4.90 Å². The minimum Gasteiger partial charge on any atom is -0.444 e. The zero-order valence-electron chi connectivity index (χ0n) is 16.9. The fraction of sp³-hybridized carbons (Fsp3) is 0.391. The third-order valence-electron chi connectivity index (χ3n) is 6.54. The second-order valence-corrected chi connectivity index (χ2v) is 8.30. The summed E-state index contributed by atoms with van der Waals surface area (Å²) in [6, 6.07) is 11.3. The van der Waals surface area contributed by atoms with Crippen molar-refractivity contribution in [3.8, 4) is 0 Å². The lowest BCUT2D eigenvalue weighted by Gasteiger charge is -2.44. The predicted molar refractivity (Wildman–Crippen MR) is 111 cm³/mol. The molecule has 1 atom stereocenters. The van der Waals surface area contributed by atoms with Gasteiger partial charge >= 0.3 is 6.09 Å². The molecule has 2 aromatic carbocycles. The van der Waals surface area contributed by atoms with Crippen LogP contribution in [0.25, 0.3) is 0 Å². The summed E-state index contributed by atoms with van der Waals surface area (Å²) < 4.78 is 19.1. The zero-order valence-corrected chi connectivity index (χ0v) is 16.9.